The zero-order valence-corrected chi connectivity index (χ0v) is 34.7. The third kappa shape index (κ3) is 9.14. The number of ether oxygens (including phenoxy) is 2. The van der Waals surface area contributed by atoms with Crippen LogP contribution in [0.3, 0.4) is 0 Å². The number of hydrogen-bond donors (Lipinski definition) is 0. The summed E-state index contributed by atoms with van der Waals surface area (Å²) in [5, 5.41) is 10.9. The summed E-state index contributed by atoms with van der Waals surface area (Å²) in [5.74, 6) is -3.89. The Balaban J connectivity index is 0.000000184. The van der Waals surface area contributed by atoms with E-state index in [0.29, 0.717) is 43.8 Å². The Bertz CT molecular complexity index is 2690. The lowest BCUT2D eigenvalue weighted by Gasteiger charge is -2.23. The fourth-order valence-corrected chi connectivity index (χ4v) is 8.81. The molecule has 0 aromatic heterocycles. The van der Waals surface area contributed by atoms with Gasteiger partial charge >= 0.3 is 0 Å². The van der Waals surface area contributed by atoms with Gasteiger partial charge in [0.05, 0.1) is 19.8 Å². The van der Waals surface area contributed by atoms with Crippen molar-refractivity contribution in [3.8, 4) is 11.5 Å². The van der Waals surface area contributed by atoms with Crippen molar-refractivity contribution in [2.75, 3.05) is 14.2 Å². The van der Waals surface area contributed by atoms with Crippen molar-refractivity contribution in [2.45, 2.75) is 17.7 Å². The molecule has 310 valence electrons. The largest absolute Gasteiger partial charge is 0.496 e. The Kier molecular flexibility index (Phi) is 13.1. The number of carbonyl (C=O) groups is 2. The molecule has 2 atom stereocenters. The lowest BCUT2D eigenvalue weighted by Crippen LogP contribution is -2.28. The highest BCUT2D eigenvalue weighted by Gasteiger charge is 2.39. The minimum atomic E-state index is -0.970. The number of carbonyl (C=O) groups excluding carboxylic acids is 2. The molecule has 6 aromatic carbocycles. The van der Waals surface area contributed by atoms with Crippen LogP contribution in [0.5, 0.6) is 11.5 Å². The van der Waals surface area contributed by atoms with Crippen LogP contribution in [-0.2, 0) is 0 Å². The predicted octanol–water partition coefficient (Wildman–Crippen LogP) is 11.5. The van der Waals surface area contributed by atoms with Gasteiger partial charge in [-0.2, -0.15) is 10.2 Å². The highest BCUT2D eigenvalue weighted by atomic mass is 35.5. The van der Waals surface area contributed by atoms with Crippen LogP contribution in [0, 0.1) is 36.0 Å². The van der Waals surface area contributed by atoms with Crippen LogP contribution in [0.15, 0.2) is 138 Å². The van der Waals surface area contributed by atoms with E-state index < -0.39 is 51.4 Å². The molecule has 0 N–H and O–H groups in total. The number of hydrogen-bond acceptors (Lipinski definition) is 8. The van der Waals surface area contributed by atoms with Crippen LogP contribution in [0.25, 0.3) is 0 Å². The van der Waals surface area contributed by atoms with Gasteiger partial charge in [0.2, 0.25) is 0 Å². The number of amides is 2. The zero-order valence-electron chi connectivity index (χ0n) is 32.3. The van der Waals surface area contributed by atoms with Crippen molar-refractivity contribution in [3.05, 3.63) is 200 Å². The minimum Gasteiger partial charge on any atom is -0.496 e. The Morgan fingerprint density at radius 3 is 1.56 bits per heavy atom. The van der Waals surface area contributed by atoms with Crippen molar-refractivity contribution in [3.63, 3.8) is 0 Å². The number of benzene rings is 6. The van der Waals surface area contributed by atoms with Gasteiger partial charge in [0, 0.05) is 27.3 Å². The second-order valence-electron chi connectivity index (χ2n) is 13.2. The summed E-state index contributed by atoms with van der Waals surface area (Å²) in [6, 6.07) is 31.8. The monoisotopic (exact) mass is 886 g/mol. The molecule has 0 spiro atoms. The number of hydrazone groups is 2. The van der Waals surface area contributed by atoms with Crippen LogP contribution in [0.4, 0.5) is 22.0 Å². The molecule has 2 aliphatic heterocycles. The van der Waals surface area contributed by atoms with Crippen molar-refractivity contribution in [1.82, 2.24) is 10.0 Å². The van der Waals surface area contributed by atoms with E-state index in [2.05, 4.69) is 10.2 Å². The first-order valence-corrected chi connectivity index (χ1v) is 20.4. The van der Waals surface area contributed by atoms with Gasteiger partial charge in [-0.1, -0.05) is 77.6 Å². The van der Waals surface area contributed by atoms with E-state index in [9.17, 15) is 31.5 Å². The molecule has 2 amide bonds. The van der Waals surface area contributed by atoms with Crippen LogP contribution >= 0.6 is 35.1 Å². The van der Waals surface area contributed by atoms with E-state index in [1.807, 2.05) is 18.2 Å². The topological polar surface area (TPSA) is 83.8 Å². The molecule has 0 saturated carbocycles. The fourth-order valence-electron chi connectivity index (χ4n) is 6.28. The third-order valence-corrected chi connectivity index (χ3v) is 12.0. The minimum absolute atomic E-state index is 0.146. The number of nitrogens with zero attached hydrogens (tertiary/aromatic N) is 4. The van der Waals surface area contributed by atoms with Gasteiger partial charge in [-0.05, 0) is 97.4 Å². The number of rotatable bonds is 8. The number of methoxy groups -OCH3 is 2. The lowest BCUT2D eigenvalue weighted by atomic mass is 10.1. The SMILES string of the molecule is COc1ccccc1C1SC(c2ccc(F)cc2)=NN1C(=O)c1c(F)ccc(C)c1F.COc1ccccc1C1SC(c2ccc(F)cc2)=NN1C(=O)c1ccc(Cl)cc1F. The summed E-state index contributed by atoms with van der Waals surface area (Å²) in [6.07, 6.45) is 0. The highest BCUT2D eigenvalue weighted by molar-refractivity contribution is 8.15. The maximum Gasteiger partial charge on any atom is 0.281 e. The van der Waals surface area contributed by atoms with Crippen LogP contribution in [-0.4, -0.2) is 46.1 Å². The average molecular weight is 887 g/mol. The van der Waals surface area contributed by atoms with Gasteiger partial charge in [0.1, 0.15) is 67.0 Å². The number of halogens is 6. The first-order valence-electron chi connectivity index (χ1n) is 18.2. The molecule has 2 aliphatic rings. The second-order valence-corrected chi connectivity index (χ2v) is 15.8. The van der Waals surface area contributed by atoms with Crippen molar-refractivity contribution in [2.24, 2.45) is 10.2 Å². The average Bonchev–Trinajstić information content (AvgIpc) is 3.92. The first-order chi connectivity index (χ1) is 29.4. The van der Waals surface area contributed by atoms with Gasteiger partial charge < -0.3 is 9.47 Å². The van der Waals surface area contributed by atoms with Crippen LogP contribution < -0.4 is 9.47 Å². The van der Waals surface area contributed by atoms with Gasteiger partial charge in [0.15, 0.2) is 0 Å². The maximum absolute atomic E-state index is 14.7. The summed E-state index contributed by atoms with van der Waals surface area (Å²) in [7, 11) is 3.03. The van der Waals surface area contributed by atoms with Crippen molar-refractivity contribution in [1.29, 1.82) is 0 Å². The molecule has 0 saturated heterocycles. The molecule has 61 heavy (non-hydrogen) atoms. The van der Waals surface area contributed by atoms with Crippen molar-refractivity contribution < 1.29 is 41.0 Å². The molecule has 8 nitrogen and oxygen atoms in total. The smallest absolute Gasteiger partial charge is 0.281 e. The summed E-state index contributed by atoms with van der Waals surface area (Å²) in [5.41, 5.74) is 1.85. The molecular formula is C45H32ClF5N4O4S2. The van der Waals surface area contributed by atoms with Gasteiger partial charge in [0.25, 0.3) is 11.8 Å². The summed E-state index contributed by atoms with van der Waals surface area (Å²) < 4.78 is 81.2. The molecule has 0 radical (unpaired) electrons. The van der Waals surface area contributed by atoms with E-state index in [-0.39, 0.29) is 22.0 Å². The summed E-state index contributed by atoms with van der Waals surface area (Å²) >= 11 is 8.32. The summed E-state index contributed by atoms with van der Waals surface area (Å²) in [4.78, 5) is 26.5. The normalized spacial score (nSPS) is 15.8. The van der Waals surface area contributed by atoms with Crippen LogP contribution in [0.1, 0.15) is 59.3 Å². The van der Waals surface area contributed by atoms with Gasteiger partial charge in [-0.25, -0.2) is 32.0 Å². The molecule has 0 fully saturated rings. The molecule has 0 aliphatic carbocycles. The van der Waals surface area contributed by atoms with E-state index in [1.165, 1.54) is 104 Å². The molecule has 0 bridgehead atoms. The standard InChI is InChI=1S/C23H17F3N2O2S.C22H15ClF2N2O2S/c1-13-7-12-17(25)19(20(13)26)22(29)28-23(16-5-3-4-6-18(16)30-2)31-21(27-28)14-8-10-15(24)11-9-14;1-29-19-5-3-2-4-17(19)22-27(21(28)16-11-8-14(23)12-18(16)25)26-20(30-22)13-6-9-15(24)10-7-13/h3-12,23H,1-2H3;2-12,22H,1H3. The fraction of sp³-hybridized carbons (Fsp3) is 0.111. The first kappa shape index (κ1) is 42.9. The van der Waals surface area contributed by atoms with E-state index in [1.54, 1.807) is 42.5 Å². The van der Waals surface area contributed by atoms with Gasteiger partial charge in [-0.15, -0.1) is 0 Å². The van der Waals surface area contributed by atoms with Gasteiger partial charge in [-0.3, -0.25) is 9.59 Å². The molecule has 6 aromatic rings. The van der Waals surface area contributed by atoms with E-state index >= 15 is 0 Å². The predicted molar refractivity (Wildman–Crippen MR) is 227 cm³/mol. The zero-order chi connectivity index (χ0) is 43.4. The lowest BCUT2D eigenvalue weighted by molar-refractivity contribution is 0.0732. The van der Waals surface area contributed by atoms with E-state index in [0.717, 1.165) is 17.1 Å². The van der Waals surface area contributed by atoms with E-state index in [4.69, 9.17) is 21.1 Å². The molecular weight excluding hydrogens is 855 g/mol. The quantitative estimate of drug-likeness (QED) is 0.142. The Hall–Kier alpha value is -6.16. The van der Waals surface area contributed by atoms with Crippen molar-refractivity contribution >= 4 is 57.0 Å². The number of thioether (sulfide) groups is 2. The molecule has 8 rings (SSSR count). The molecule has 2 unspecified atom stereocenters. The Morgan fingerprint density at radius 2 is 1.08 bits per heavy atom. The Morgan fingerprint density at radius 1 is 0.607 bits per heavy atom. The third-order valence-electron chi connectivity index (χ3n) is 9.36. The Labute approximate surface area is 360 Å². The summed E-state index contributed by atoms with van der Waals surface area (Å²) in [6.45, 7) is 1.45. The maximum atomic E-state index is 14.7. The molecule has 16 heteroatoms. The highest BCUT2D eigenvalue weighted by Crippen LogP contribution is 2.47. The molecule has 2 heterocycles. The van der Waals surface area contributed by atoms with Crippen LogP contribution in [0.2, 0.25) is 5.02 Å². The number of para-hydroxylation sites is 2. The second kappa shape index (κ2) is 18.6. The number of aryl methyl sites for hydroxylation is 1.